The summed E-state index contributed by atoms with van der Waals surface area (Å²) < 4.78 is 11.0. The SMILES string of the molecule is CC(C)(CCO)CNc1cc2c(cc1N)OCCO2. The molecule has 19 heavy (non-hydrogen) atoms. The van der Waals surface area contributed by atoms with E-state index >= 15 is 0 Å². The lowest BCUT2D eigenvalue weighted by Gasteiger charge is -2.26. The maximum Gasteiger partial charge on any atom is 0.163 e. The molecule has 0 aliphatic carbocycles. The molecular formula is C14H22N2O3. The van der Waals surface area contributed by atoms with E-state index < -0.39 is 0 Å². The molecule has 106 valence electrons. The molecule has 1 aromatic carbocycles. The van der Waals surface area contributed by atoms with E-state index in [0.29, 0.717) is 24.7 Å². The summed E-state index contributed by atoms with van der Waals surface area (Å²) in [6.45, 7) is 6.24. The number of nitrogens with two attached hydrogens (primary N) is 1. The standard InChI is InChI=1S/C14H22N2O3/c1-14(2,3-4-17)9-16-11-8-13-12(7-10(11)15)18-5-6-19-13/h7-8,16-17H,3-6,9,15H2,1-2H3. The molecule has 1 aliphatic heterocycles. The zero-order valence-corrected chi connectivity index (χ0v) is 11.5. The summed E-state index contributed by atoms with van der Waals surface area (Å²) in [5.41, 5.74) is 7.49. The highest BCUT2D eigenvalue weighted by molar-refractivity contribution is 5.72. The second-order valence-corrected chi connectivity index (χ2v) is 5.57. The lowest BCUT2D eigenvalue weighted by atomic mass is 9.89. The Bertz CT molecular complexity index is 447. The molecule has 0 saturated heterocycles. The molecule has 5 heteroatoms. The Labute approximate surface area is 113 Å². The number of nitrogen functional groups attached to an aromatic ring is 1. The van der Waals surface area contributed by atoms with Gasteiger partial charge in [-0.3, -0.25) is 0 Å². The van der Waals surface area contributed by atoms with Crippen molar-refractivity contribution in [3.8, 4) is 11.5 Å². The second-order valence-electron chi connectivity index (χ2n) is 5.57. The third kappa shape index (κ3) is 3.44. The van der Waals surface area contributed by atoms with Gasteiger partial charge in [-0.25, -0.2) is 0 Å². The number of nitrogens with one attached hydrogen (secondary N) is 1. The first kappa shape index (κ1) is 13.8. The third-order valence-electron chi connectivity index (χ3n) is 3.26. The topological polar surface area (TPSA) is 76.7 Å². The largest absolute Gasteiger partial charge is 0.486 e. The van der Waals surface area contributed by atoms with Crippen LogP contribution in [0.3, 0.4) is 0 Å². The number of hydrogen-bond donors (Lipinski definition) is 3. The molecule has 2 rings (SSSR count). The van der Waals surface area contributed by atoms with Gasteiger partial charge in [0.25, 0.3) is 0 Å². The molecule has 0 unspecified atom stereocenters. The molecule has 5 nitrogen and oxygen atoms in total. The van der Waals surface area contributed by atoms with Crippen LogP contribution in [-0.4, -0.2) is 31.5 Å². The zero-order valence-electron chi connectivity index (χ0n) is 11.5. The van der Waals surface area contributed by atoms with Crippen molar-refractivity contribution in [3.05, 3.63) is 12.1 Å². The molecule has 0 bridgehead atoms. The number of fused-ring (bicyclic) bond motifs is 1. The smallest absolute Gasteiger partial charge is 0.163 e. The van der Waals surface area contributed by atoms with Crippen molar-refractivity contribution < 1.29 is 14.6 Å². The molecule has 0 saturated carbocycles. The Morgan fingerprint density at radius 3 is 2.53 bits per heavy atom. The van der Waals surface area contributed by atoms with E-state index in [9.17, 15) is 0 Å². The Morgan fingerprint density at radius 1 is 1.26 bits per heavy atom. The average Bonchev–Trinajstić information content (AvgIpc) is 2.36. The monoisotopic (exact) mass is 266 g/mol. The van der Waals surface area contributed by atoms with Gasteiger partial charge in [0.1, 0.15) is 13.2 Å². The number of anilines is 2. The maximum absolute atomic E-state index is 9.02. The normalized spacial score (nSPS) is 14.3. The molecular weight excluding hydrogens is 244 g/mol. The van der Waals surface area contributed by atoms with Crippen LogP contribution in [0, 0.1) is 5.41 Å². The first-order chi connectivity index (χ1) is 9.02. The molecule has 0 spiro atoms. The van der Waals surface area contributed by atoms with Crippen LogP contribution in [0.2, 0.25) is 0 Å². The van der Waals surface area contributed by atoms with Crippen molar-refractivity contribution in [1.29, 1.82) is 0 Å². The Balaban J connectivity index is 2.08. The maximum atomic E-state index is 9.02. The molecule has 1 aromatic rings. The summed E-state index contributed by atoms with van der Waals surface area (Å²) in [5, 5.41) is 12.3. The Kier molecular flexibility index (Phi) is 4.04. The van der Waals surface area contributed by atoms with Gasteiger partial charge in [-0.05, 0) is 11.8 Å². The highest BCUT2D eigenvalue weighted by atomic mass is 16.6. The first-order valence-electron chi connectivity index (χ1n) is 6.56. The van der Waals surface area contributed by atoms with Crippen molar-refractivity contribution in [2.75, 3.05) is 37.4 Å². The number of hydrogen-bond acceptors (Lipinski definition) is 5. The van der Waals surface area contributed by atoms with Crippen LogP contribution in [-0.2, 0) is 0 Å². The van der Waals surface area contributed by atoms with Crippen LogP contribution in [0.5, 0.6) is 11.5 Å². The van der Waals surface area contributed by atoms with Crippen molar-refractivity contribution in [2.45, 2.75) is 20.3 Å². The fraction of sp³-hybridized carbons (Fsp3) is 0.571. The highest BCUT2D eigenvalue weighted by Crippen LogP contribution is 2.37. The minimum Gasteiger partial charge on any atom is -0.486 e. The number of aliphatic hydroxyl groups is 1. The van der Waals surface area contributed by atoms with Crippen molar-refractivity contribution in [3.63, 3.8) is 0 Å². The summed E-state index contributed by atoms with van der Waals surface area (Å²) in [6, 6.07) is 3.66. The summed E-state index contributed by atoms with van der Waals surface area (Å²) in [4.78, 5) is 0. The highest BCUT2D eigenvalue weighted by Gasteiger charge is 2.19. The van der Waals surface area contributed by atoms with Gasteiger partial charge in [0, 0.05) is 25.3 Å². The molecule has 1 aliphatic rings. The predicted molar refractivity (Wildman–Crippen MR) is 75.8 cm³/mol. The molecule has 0 fully saturated rings. The van der Waals surface area contributed by atoms with E-state index in [-0.39, 0.29) is 12.0 Å². The van der Waals surface area contributed by atoms with Gasteiger partial charge in [-0.1, -0.05) is 13.8 Å². The lowest BCUT2D eigenvalue weighted by Crippen LogP contribution is -2.24. The van der Waals surface area contributed by atoms with Crippen LogP contribution in [0.15, 0.2) is 12.1 Å². The zero-order chi connectivity index (χ0) is 13.9. The summed E-state index contributed by atoms with van der Waals surface area (Å²) in [6.07, 6.45) is 0.741. The Hall–Kier alpha value is -1.62. The van der Waals surface area contributed by atoms with Crippen LogP contribution in [0.4, 0.5) is 11.4 Å². The van der Waals surface area contributed by atoms with E-state index in [0.717, 1.165) is 24.4 Å². The van der Waals surface area contributed by atoms with Gasteiger partial charge in [0.05, 0.1) is 11.4 Å². The lowest BCUT2D eigenvalue weighted by molar-refractivity contribution is 0.172. The predicted octanol–water partition coefficient (Wildman–Crippen LogP) is 1.86. The molecule has 0 atom stereocenters. The van der Waals surface area contributed by atoms with Crippen molar-refractivity contribution in [2.24, 2.45) is 5.41 Å². The summed E-state index contributed by atoms with van der Waals surface area (Å²) in [7, 11) is 0. The Morgan fingerprint density at radius 2 is 1.89 bits per heavy atom. The number of ether oxygens (including phenoxy) is 2. The molecule has 0 aromatic heterocycles. The number of aliphatic hydroxyl groups excluding tert-OH is 1. The summed E-state index contributed by atoms with van der Waals surface area (Å²) in [5.74, 6) is 1.42. The summed E-state index contributed by atoms with van der Waals surface area (Å²) >= 11 is 0. The third-order valence-corrected chi connectivity index (χ3v) is 3.26. The minimum absolute atomic E-state index is 0.00838. The molecule has 0 amide bonds. The van der Waals surface area contributed by atoms with Gasteiger partial charge in [0.2, 0.25) is 0 Å². The van der Waals surface area contributed by atoms with Crippen LogP contribution >= 0.6 is 0 Å². The average molecular weight is 266 g/mol. The van der Waals surface area contributed by atoms with Crippen molar-refractivity contribution >= 4 is 11.4 Å². The van der Waals surface area contributed by atoms with E-state index in [1.54, 1.807) is 6.07 Å². The van der Waals surface area contributed by atoms with Gasteiger partial charge >= 0.3 is 0 Å². The van der Waals surface area contributed by atoms with E-state index in [2.05, 4.69) is 19.2 Å². The quantitative estimate of drug-likeness (QED) is 0.709. The second kappa shape index (κ2) is 5.57. The van der Waals surface area contributed by atoms with Crippen LogP contribution in [0.1, 0.15) is 20.3 Å². The fourth-order valence-corrected chi connectivity index (χ4v) is 1.98. The van der Waals surface area contributed by atoms with Gasteiger partial charge in [-0.15, -0.1) is 0 Å². The van der Waals surface area contributed by atoms with E-state index in [1.807, 2.05) is 6.07 Å². The number of rotatable bonds is 5. The van der Waals surface area contributed by atoms with Gasteiger partial charge < -0.3 is 25.6 Å². The van der Waals surface area contributed by atoms with Gasteiger partial charge in [0.15, 0.2) is 11.5 Å². The van der Waals surface area contributed by atoms with E-state index in [4.69, 9.17) is 20.3 Å². The van der Waals surface area contributed by atoms with Gasteiger partial charge in [-0.2, -0.15) is 0 Å². The molecule has 0 radical (unpaired) electrons. The first-order valence-corrected chi connectivity index (χ1v) is 6.56. The molecule has 1 heterocycles. The van der Waals surface area contributed by atoms with Crippen LogP contribution in [0.25, 0.3) is 0 Å². The molecule has 4 N–H and O–H groups in total. The minimum atomic E-state index is 0.00838. The van der Waals surface area contributed by atoms with Crippen LogP contribution < -0.4 is 20.5 Å². The fourth-order valence-electron chi connectivity index (χ4n) is 1.98. The van der Waals surface area contributed by atoms with Crippen molar-refractivity contribution in [1.82, 2.24) is 0 Å². The number of benzene rings is 1. The van der Waals surface area contributed by atoms with E-state index in [1.165, 1.54) is 0 Å².